The number of para-hydroxylation sites is 1. The van der Waals surface area contributed by atoms with Crippen LogP contribution in [0.1, 0.15) is 43.0 Å². The predicted molar refractivity (Wildman–Crippen MR) is 138 cm³/mol. The van der Waals surface area contributed by atoms with Gasteiger partial charge in [0.2, 0.25) is 9.84 Å². The Morgan fingerprint density at radius 2 is 1.89 bits per heavy atom. The summed E-state index contributed by atoms with van der Waals surface area (Å²) in [5, 5.41) is 11.0. The van der Waals surface area contributed by atoms with Crippen molar-refractivity contribution in [2.24, 2.45) is 0 Å². The molecule has 2 heterocycles. The van der Waals surface area contributed by atoms with Crippen LogP contribution < -0.4 is 0 Å². The molecule has 1 aliphatic rings. The summed E-state index contributed by atoms with van der Waals surface area (Å²) in [6.45, 7) is 6.02. The maximum absolute atomic E-state index is 13.2. The van der Waals surface area contributed by atoms with Crippen LogP contribution in [0.3, 0.4) is 0 Å². The van der Waals surface area contributed by atoms with Crippen molar-refractivity contribution >= 4 is 15.8 Å². The first kappa shape index (κ1) is 26.4. The molecule has 3 aromatic rings. The van der Waals surface area contributed by atoms with Crippen LogP contribution in [0.5, 0.6) is 0 Å². The Kier molecular flexibility index (Phi) is 8.62. The van der Waals surface area contributed by atoms with Gasteiger partial charge in [0, 0.05) is 6.42 Å². The number of carbonyl (C=O) groups excluding carboxylic acids is 1. The highest BCUT2D eigenvalue weighted by atomic mass is 32.2. The Morgan fingerprint density at radius 1 is 1.19 bits per heavy atom. The van der Waals surface area contributed by atoms with E-state index in [9.17, 15) is 13.2 Å². The summed E-state index contributed by atoms with van der Waals surface area (Å²) < 4.78 is 39.4. The number of ether oxygens (including phenoxy) is 2. The van der Waals surface area contributed by atoms with Crippen molar-refractivity contribution in [2.45, 2.75) is 56.1 Å². The van der Waals surface area contributed by atoms with Crippen LogP contribution in [0.15, 0.2) is 90.1 Å². The van der Waals surface area contributed by atoms with Crippen molar-refractivity contribution in [1.82, 2.24) is 20.2 Å². The molecule has 0 spiro atoms. The van der Waals surface area contributed by atoms with E-state index in [4.69, 9.17) is 9.47 Å². The minimum atomic E-state index is -3.83. The topological polar surface area (TPSA) is 113 Å². The summed E-state index contributed by atoms with van der Waals surface area (Å²) >= 11 is 0. The SMILES string of the molecule is C=C1C[C@H](CS(=O)(=O)c2nnnn2-c2ccccc2)O[C@@H]1CC[C@@H](C/C=C/C)OC(=O)c1ccccc1. The van der Waals surface area contributed by atoms with Crippen LogP contribution in [0.4, 0.5) is 0 Å². The van der Waals surface area contributed by atoms with E-state index in [0.29, 0.717) is 36.9 Å². The lowest BCUT2D eigenvalue weighted by atomic mass is 10.0. The van der Waals surface area contributed by atoms with Gasteiger partial charge in [0.05, 0.1) is 29.2 Å². The average Bonchev–Trinajstić information content (AvgIpc) is 3.53. The number of carbonyl (C=O) groups is 1. The van der Waals surface area contributed by atoms with Crippen LogP contribution in [0, 0.1) is 0 Å². The van der Waals surface area contributed by atoms with Gasteiger partial charge in [-0.25, -0.2) is 13.2 Å². The molecule has 0 bridgehead atoms. The standard InChI is InChI=1S/C27H30N4O5S/c1-3-4-15-23(36-26(32)21-11-7-5-8-12-21)16-17-25-20(2)18-24(35-25)19-37(33,34)27-28-29-30-31(27)22-13-9-6-10-14-22/h3-14,23-25H,2,15-19H2,1H3/b4-3+/t23-,24-,25-/m1/s1. The van der Waals surface area contributed by atoms with Gasteiger partial charge in [-0.1, -0.05) is 60.2 Å². The number of sulfone groups is 1. The molecule has 0 aliphatic carbocycles. The van der Waals surface area contributed by atoms with Gasteiger partial charge in [-0.05, 0) is 66.5 Å². The summed E-state index contributed by atoms with van der Waals surface area (Å²) in [5.74, 6) is -0.637. The second-order valence-corrected chi connectivity index (χ2v) is 10.8. The Labute approximate surface area is 216 Å². The molecule has 0 N–H and O–H groups in total. The average molecular weight is 523 g/mol. The molecule has 37 heavy (non-hydrogen) atoms. The smallest absolute Gasteiger partial charge is 0.338 e. The van der Waals surface area contributed by atoms with E-state index in [1.54, 1.807) is 48.5 Å². The van der Waals surface area contributed by atoms with Crippen molar-refractivity contribution in [3.63, 3.8) is 0 Å². The number of hydrogen-bond acceptors (Lipinski definition) is 8. The first-order valence-corrected chi connectivity index (χ1v) is 13.8. The molecule has 2 aromatic carbocycles. The second-order valence-electron chi connectivity index (χ2n) is 8.87. The van der Waals surface area contributed by atoms with Gasteiger partial charge in [-0.2, -0.15) is 4.68 Å². The lowest BCUT2D eigenvalue weighted by Gasteiger charge is -2.19. The fourth-order valence-electron chi connectivity index (χ4n) is 4.24. The Balaban J connectivity index is 1.37. The Morgan fingerprint density at radius 3 is 2.59 bits per heavy atom. The molecular formula is C27H30N4O5S. The molecule has 0 amide bonds. The van der Waals surface area contributed by atoms with Crippen molar-refractivity contribution in [3.8, 4) is 5.69 Å². The zero-order chi connectivity index (χ0) is 26.3. The number of aromatic nitrogens is 4. The fraction of sp³-hybridized carbons (Fsp3) is 0.333. The predicted octanol–water partition coefficient (Wildman–Crippen LogP) is 4.12. The van der Waals surface area contributed by atoms with Crippen molar-refractivity contribution in [2.75, 3.05) is 5.75 Å². The second kappa shape index (κ2) is 12.1. The monoisotopic (exact) mass is 522 g/mol. The molecule has 3 atom stereocenters. The van der Waals surface area contributed by atoms with Gasteiger partial charge in [0.1, 0.15) is 6.10 Å². The van der Waals surface area contributed by atoms with Crippen LogP contribution in [-0.4, -0.2) is 58.7 Å². The molecule has 1 aromatic heterocycles. The Bertz CT molecular complexity index is 1340. The molecular weight excluding hydrogens is 492 g/mol. The first-order valence-electron chi connectivity index (χ1n) is 12.1. The van der Waals surface area contributed by atoms with Crippen molar-refractivity contribution in [3.05, 3.63) is 90.5 Å². The lowest BCUT2D eigenvalue weighted by molar-refractivity contribution is 0.0190. The normalized spacial score (nSPS) is 18.8. The van der Waals surface area contributed by atoms with Crippen LogP contribution in [0.2, 0.25) is 0 Å². The molecule has 4 rings (SSSR count). The molecule has 0 saturated carbocycles. The third-order valence-electron chi connectivity index (χ3n) is 6.10. The summed E-state index contributed by atoms with van der Waals surface area (Å²) in [7, 11) is -3.83. The number of esters is 1. The van der Waals surface area contributed by atoms with Crippen LogP contribution in [0.25, 0.3) is 5.69 Å². The molecule has 1 aliphatic heterocycles. The van der Waals surface area contributed by atoms with E-state index in [1.165, 1.54) is 4.68 Å². The molecule has 1 saturated heterocycles. The van der Waals surface area contributed by atoms with Gasteiger partial charge in [-0.3, -0.25) is 0 Å². The van der Waals surface area contributed by atoms with Gasteiger partial charge < -0.3 is 9.47 Å². The molecule has 9 nitrogen and oxygen atoms in total. The quantitative estimate of drug-likeness (QED) is 0.273. The number of allylic oxidation sites excluding steroid dienone is 1. The summed E-state index contributed by atoms with van der Waals surface area (Å²) in [6.07, 6.45) is 4.75. The summed E-state index contributed by atoms with van der Waals surface area (Å²) in [5.41, 5.74) is 1.87. The van der Waals surface area contributed by atoms with E-state index >= 15 is 0 Å². The van der Waals surface area contributed by atoms with E-state index in [2.05, 4.69) is 22.1 Å². The number of rotatable bonds is 11. The van der Waals surface area contributed by atoms with Crippen molar-refractivity contribution < 1.29 is 22.7 Å². The maximum Gasteiger partial charge on any atom is 0.338 e. The van der Waals surface area contributed by atoms with Gasteiger partial charge in [0.15, 0.2) is 0 Å². The maximum atomic E-state index is 13.2. The number of tetrazole rings is 1. The van der Waals surface area contributed by atoms with Crippen LogP contribution in [-0.2, 0) is 19.3 Å². The largest absolute Gasteiger partial charge is 0.458 e. The lowest BCUT2D eigenvalue weighted by Crippen LogP contribution is -2.25. The molecule has 1 fully saturated rings. The van der Waals surface area contributed by atoms with E-state index in [1.807, 2.05) is 31.2 Å². The van der Waals surface area contributed by atoms with Gasteiger partial charge in [0.25, 0.3) is 5.16 Å². The highest BCUT2D eigenvalue weighted by molar-refractivity contribution is 7.91. The number of benzene rings is 2. The highest BCUT2D eigenvalue weighted by Crippen LogP contribution is 2.30. The number of hydrogen-bond donors (Lipinski definition) is 0. The molecule has 194 valence electrons. The zero-order valence-electron chi connectivity index (χ0n) is 20.6. The zero-order valence-corrected chi connectivity index (χ0v) is 21.5. The molecule has 0 radical (unpaired) electrons. The molecule has 10 heteroatoms. The van der Waals surface area contributed by atoms with Gasteiger partial charge >= 0.3 is 5.97 Å². The van der Waals surface area contributed by atoms with E-state index in [-0.39, 0.29) is 29.1 Å². The van der Waals surface area contributed by atoms with E-state index in [0.717, 1.165) is 5.57 Å². The summed E-state index contributed by atoms with van der Waals surface area (Å²) in [4.78, 5) is 12.6. The number of nitrogens with zero attached hydrogens (tertiary/aromatic N) is 4. The Hall–Kier alpha value is -3.63. The first-order chi connectivity index (χ1) is 17.9. The summed E-state index contributed by atoms with van der Waals surface area (Å²) in [6, 6.07) is 17.7. The third-order valence-corrected chi connectivity index (χ3v) is 7.72. The van der Waals surface area contributed by atoms with E-state index < -0.39 is 15.9 Å². The minimum absolute atomic E-state index is 0.226. The van der Waals surface area contributed by atoms with Crippen LogP contribution >= 0.6 is 0 Å². The van der Waals surface area contributed by atoms with Gasteiger partial charge in [-0.15, -0.1) is 0 Å². The highest BCUT2D eigenvalue weighted by Gasteiger charge is 2.35. The van der Waals surface area contributed by atoms with Crippen molar-refractivity contribution in [1.29, 1.82) is 0 Å². The third kappa shape index (κ3) is 6.78. The molecule has 0 unspecified atom stereocenters. The fourth-order valence-corrected chi connectivity index (χ4v) is 5.64. The minimum Gasteiger partial charge on any atom is -0.458 e.